The van der Waals surface area contributed by atoms with Gasteiger partial charge in [-0.15, -0.1) is 0 Å². The molecule has 20 heavy (non-hydrogen) atoms. The molecular weight excluding hydrogens is 252 g/mol. The van der Waals surface area contributed by atoms with Crippen molar-refractivity contribution in [2.24, 2.45) is 0 Å². The number of nitrogens with one attached hydrogen (secondary N) is 1. The van der Waals surface area contributed by atoms with E-state index in [1.807, 2.05) is 32.0 Å². The number of benzene rings is 2. The van der Waals surface area contributed by atoms with Crippen LogP contribution in [0.5, 0.6) is 5.75 Å². The van der Waals surface area contributed by atoms with E-state index in [4.69, 9.17) is 10.5 Å². The first-order valence-electron chi connectivity index (χ1n) is 6.34. The monoisotopic (exact) mass is 270 g/mol. The van der Waals surface area contributed by atoms with Gasteiger partial charge in [-0.25, -0.2) is 0 Å². The average molecular weight is 270 g/mol. The number of carbonyl (C=O) groups is 1. The van der Waals surface area contributed by atoms with Crippen LogP contribution in [-0.2, 0) is 0 Å². The Morgan fingerprint density at radius 3 is 2.35 bits per heavy atom. The van der Waals surface area contributed by atoms with Crippen LogP contribution in [0.3, 0.4) is 0 Å². The molecule has 0 atom stereocenters. The van der Waals surface area contributed by atoms with Crippen molar-refractivity contribution in [2.45, 2.75) is 13.8 Å². The van der Waals surface area contributed by atoms with Crippen LogP contribution < -0.4 is 15.8 Å². The topological polar surface area (TPSA) is 64.3 Å². The Balaban J connectivity index is 2.28. The zero-order chi connectivity index (χ0) is 14.7. The molecule has 0 aliphatic heterocycles. The summed E-state index contributed by atoms with van der Waals surface area (Å²) in [6.45, 7) is 3.83. The molecule has 0 heterocycles. The number of hydrogen-bond acceptors (Lipinski definition) is 3. The summed E-state index contributed by atoms with van der Waals surface area (Å²) >= 11 is 0. The predicted molar refractivity (Wildman–Crippen MR) is 81.3 cm³/mol. The van der Waals surface area contributed by atoms with Gasteiger partial charge in [0.2, 0.25) is 0 Å². The third kappa shape index (κ3) is 2.74. The first kappa shape index (κ1) is 13.9. The van der Waals surface area contributed by atoms with Crippen molar-refractivity contribution in [3.05, 3.63) is 53.1 Å². The standard InChI is InChI=1S/C16H18N2O2/c1-10-5-4-6-11(2)15(10)16(19)18-14-8-7-12(20-3)9-13(14)17/h4-9H,17H2,1-3H3,(H,18,19). The van der Waals surface area contributed by atoms with Gasteiger partial charge in [0, 0.05) is 11.6 Å². The van der Waals surface area contributed by atoms with Crippen molar-refractivity contribution in [1.82, 2.24) is 0 Å². The number of amides is 1. The zero-order valence-corrected chi connectivity index (χ0v) is 11.9. The minimum absolute atomic E-state index is 0.155. The molecule has 0 radical (unpaired) electrons. The fourth-order valence-corrected chi connectivity index (χ4v) is 2.14. The second kappa shape index (κ2) is 5.65. The second-order valence-corrected chi connectivity index (χ2v) is 4.67. The molecular formula is C16H18N2O2. The van der Waals surface area contributed by atoms with Crippen LogP contribution in [0.25, 0.3) is 0 Å². The van der Waals surface area contributed by atoms with Crippen LogP contribution in [0.1, 0.15) is 21.5 Å². The minimum Gasteiger partial charge on any atom is -0.497 e. The molecule has 2 aromatic carbocycles. The molecule has 4 nitrogen and oxygen atoms in total. The summed E-state index contributed by atoms with van der Waals surface area (Å²) in [5.74, 6) is 0.505. The molecule has 2 aromatic rings. The van der Waals surface area contributed by atoms with Gasteiger partial charge in [0.05, 0.1) is 18.5 Å². The summed E-state index contributed by atoms with van der Waals surface area (Å²) in [5, 5.41) is 2.84. The van der Waals surface area contributed by atoms with Crippen molar-refractivity contribution < 1.29 is 9.53 Å². The molecule has 0 unspecified atom stereocenters. The van der Waals surface area contributed by atoms with Crippen LogP contribution in [0.2, 0.25) is 0 Å². The average Bonchev–Trinajstić information content (AvgIpc) is 2.41. The smallest absolute Gasteiger partial charge is 0.256 e. The fraction of sp³-hybridized carbons (Fsp3) is 0.188. The van der Waals surface area contributed by atoms with E-state index in [0.29, 0.717) is 22.7 Å². The number of aryl methyl sites for hydroxylation is 2. The van der Waals surface area contributed by atoms with Gasteiger partial charge in [0.15, 0.2) is 0 Å². The van der Waals surface area contributed by atoms with E-state index in [1.165, 1.54) is 0 Å². The number of methoxy groups -OCH3 is 1. The molecule has 0 aromatic heterocycles. The summed E-state index contributed by atoms with van der Waals surface area (Å²) in [7, 11) is 1.57. The number of hydrogen-bond donors (Lipinski definition) is 2. The Kier molecular flexibility index (Phi) is 3.94. The van der Waals surface area contributed by atoms with Crippen molar-refractivity contribution in [1.29, 1.82) is 0 Å². The van der Waals surface area contributed by atoms with E-state index < -0.39 is 0 Å². The van der Waals surface area contributed by atoms with Crippen LogP contribution in [-0.4, -0.2) is 13.0 Å². The Bertz CT molecular complexity index is 631. The number of anilines is 2. The molecule has 0 spiro atoms. The summed E-state index contributed by atoms with van der Waals surface area (Å²) in [4.78, 5) is 12.4. The lowest BCUT2D eigenvalue weighted by Crippen LogP contribution is -2.16. The maximum atomic E-state index is 12.4. The highest BCUT2D eigenvalue weighted by molar-refractivity contribution is 6.07. The van der Waals surface area contributed by atoms with E-state index in [9.17, 15) is 4.79 Å². The third-order valence-corrected chi connectivity index (χ3v) is 3.22. The van der Waals surface area contributed by atoms with E-state index in [1.54, 1.807) is 25.3 Å². The lowest BCUT2D eigenvalue weighted by Gasteiger charge is -2.12. The fourth-order valence-electron chi connectivity index (χ4n) is 2.14. The molecule has 0 aliphatic carbocycles. The largest absolute Gasteiger partial charge is 0.497 e. The van der Waals surface area contributed by atoms with Gasteiger partial charge >= 0.3 is 0 Å². The normalized spacial score (nSPS) is 10.2. The molecule has 0 fully saturated rings. The second-order valence-electron chi connectivity index (χ2n) is 4.67. The van der Waals surface area contributed by atoms with Crippen molar-refractivity contribution in [3.8, 4) is 5.75 Å². The molecule has 0 bridgehead atoms. The van der Waals surface area contributed by atoms with Gasteiger partial charge in [0.1, 0.15) is 5.75 Å². The Hall–Kier alpha value is -2.49. The highest BCUT2D eigenvalue weighted by Gasteiger charge is 2.13. The van der Waals surface area contributed by atoms with E-state index in [0.717, 1.165) is 11.1 Å². The SMILES string of the molecule is COc1ccc(NC(=O)c2c(C)cccc2C)c(N)c1. The van der Waals surface area contributed by atoms with Gasteiger partial charge in [-0.1, -0.05) is 18.2 Å². The maximum absolute atomic E-state index is 12.4. The molecule has 0 aliphatic rings. The van der Waals surface area contributed by atoms with Gasteiger partial charge in [0.25, 0.3) is 5.91 Å². The molecule has 3 N–H and O–H groups in total. The summed E-state index contributed by atoms with van der Waals surface area (Å²) in [6, 6.07) is 10.9. The summed E-state index contributed by atoms with van der Waals surface area (Å²) < 4.78 is 5.09. The first-order valence-corrected chi connectivity index (χ1v) is 6.34. The van der Waals surface area contributed by atoms with Crippen molar-refractivity contribution >= 4 is 17.3 Å². The van der Waals surface area contributed by atoms with E-state index >= 15 is 0 Å². The van der Waals surface area contributed by atoms with E-state index in [-0.39, 0.29) is 5.91 Å². The highest BCUT2D eigenvalue weighted by atomic mass is 16.5. The number of nitrogen functional groups attached to an aromatic ring is 1. The van der Waals surface area contributed by atoms with Gasteiger partial charge in [-0.05, 0) is 37.1 Å². The van der Waals surface area contributed by atoms with Crippen LogP contribution in [0.15, 0.2) is 36.4 Å². The molecule has 104 valence electrons. The number of rotatable bonds is 3. The van der Waals surface area contributed by atoms with Crippen LogP contribution in [0, 0.1) is 13.8 Å². The summed E-state index contributed by atoms with van der Waals surface area (Å²) in [6.07, 6.45) is 0. The van der Waals surface area contributed by atoms with Crippen molar-refractivity contribution in [2.75, 3.05) is 18.2 Å². The van der Waals surface area contributed by atoms with Crippen LogP contribution >= 0.6 is 0 Å². The maximum Gasteiger partial charge on any atom is 0.256 e. The molecule has 2 rings (SSSR count). The predicted octanol–water partition coefficient (Wildman–Crippen LogP) is 3.15. The molecule has 4 heteroatoms. The molecule has 0 saturated carbocycles. The summed E-state index contributed by atoms with van der Waals surface area (Å²) in [5.41, 5.74) is 9.52. The minimum atomic E-state index is -0.155. The molecule has 1 amide bonds. The molecule has 0 saturated heterocycles. The van der Waals surface area contributed by atoms with Gasteiger partial charge < -0.3 is 15.8 Å². The number of nitrogens with two attached hydrogens (primary N) is 1. The first-order chi connectivity index (χ1) is 9.52. The quantitative estimate of drug-likeness (QED) is 0.842. The number of ether oxygens (including phenoxy) is 1. The Morgan fingerprint density at radius 1 is 1.15 bits per heavy atom. The highest BCUT2D eigenvalue weighted by Crippen LogP contribution is 2.25. The Labute approximate surface area is 118 Å². The van der Waals surface area contributed by atoms with Gasteiger partial charge in [-0.3, -0.25) is 4.79 Å². The zero-order valence-electron chi connectivity index (χ0n) is 11.9. The lowest BCUT2D eigenvalue weighted by molar-refractivity contribution is 0.102. The van der Waals surface area contributed by atoms with Crippen molar-refractivity contribution in [3.63, 3.8) is 0 Å². The number of carbonyl (C=O) groups excluding carboxylic acids is 1. The van der Waals surface area contributed by atoms with Crippen LogP contribution in [0.4, 0.5) is 11.4 Å². The van der Waals surface area contributed by atoms with E-state index in [2.05, 4.69) is 5.32 Å². The Morgan fingerprint density at radius 2 is 1.80 bits per heavy atom. The van der Waals surface area contributed by atoms with Gasteiger partial charge in [-0.2, -0.15) is 0 Å². The lowest BCUT2D eigenvalue weighted by atomic mass is 10.0. The third-order valence-electron chi connectivity index (χ3n) is 3.22.